The molecule has 3 aromatic rings. The number of amides is 2. The third-order valence-corrected chi connectivity index (χ3v) is 3.48. The Balaban J connectivity index is 1.65. The Kier molecular flexibility index (Phi) is 5.60. The van der Waals surface area contributed by atoms with E-state index in [1.165, 1.54) is 30.6 Å². The van der Waals surface area contributed by atoms with Crippen LogP contribution in [0.25, 0.3) is 0 Å². The highest BCUT2D eigenvalue weighted by Gasteiger charge is 2.11. The van der Waals surface area contributed by atoms with Gasteiger partial charge < -0.3 is 10.1 Å². The number of halogens is 2. The van der Waals surface area contributed by atoms with Crippen molar-refractivity contribution >= 4 is 29.1 Å². The standard InChI is InChI=1S/C18H14ClFN4O2/c19-13-4-1-3-12(9-13)11-26-17-16(21-7-8-22-17)24-18(25)23-15-6-2-5-14(20)10-15/h1-10H,11H2,(H2,21,23,24,25). The van der Waals surface area contributed by atoms with Gasteiger partial charge >= 0.3 is 6.03 Å². The fourth-order valence-corrected chi connectivity index (χ4v) is 2.34. The third kappa shape index (κ3) is 4.90. The molecule has 0 spiro atoms. The molecule has 0 saturated heterocycles. The summed E-state index contributed by atoms with van der Waals surface area (Å²) in [5.41, 5.74) is 1.16. The molecule has 0 aliphatic carbocycles. The van der Waals surface area contributed by atoms with E-state index in [9.17, 15) is 9.18 Å². The predicted molar refractivity (Wildman–Crippen MR) is 96.9 cm³/mol. The Bertz CT molecular complexity index is 923. The van der Waals surface area contributed by atoms with Crippen LogP contribution in [0.3, 0.4) is 0 Å². The van der Waals surface area contributed by atoms with Crippen LogP contribution in [0.2, 0.25) is 5.02 Å². The van der Waals surface area contributed by atoms with Gasteiger partial charge in [-0.15, -0.1) is 0 Å². The first-order valence-corrected chi connectivity index (χ1v) is 8.00. The highest BCUT2D eigenvalue weighted by Crippen LogP contribution is 2.20. The minimum atomic E-state index is -0.594. The molecular weight excluding hydrogens is 359 g/mol. The summed E-state index contributed by atoms with van der Waals surface area (Å²) in [6, 6.07) is 12.1. The molecule has 1 aromatic heterocycles. The van der Waals surface area contributed by atoms with Crippen molar-refractivity contribution in [3.05, 3.63) is 77.3 Å². The number of aromatic nitrogens is 2. The molecule has 0 fully saturated rings. The van der Waals surface area contributed by atoms with Crippen molar-refractivity contribution in [3.63, 3.8) is 0 Å². The van der Waals surface area contributed by atoms with Crippen LogP contribution in [-0.4, -0.2) is 16.0 Å². The highest BCUT2D eigenvalue weighted by atomic mass is 35.5. The maximum absolute atomic E-state index is 13.2. The Morgan fingerprint density at radius 1 is 1.08 bits per heavy atom. The molecule has 8 heteroatoms. The number of urea groups is 1. The molecule has 1 heterocycles. The van der Waals surface area contributed by atoms with Crippen LogP contribution in [0.15, 0.2) is 60.9 Å². The Hall–Kier alpha value is -3.19. The largest absolute Gasteiger partial charge is 0.470 e. The molecule has 2 aromatic carbocycles. The zero-order valence-electron chi connectivity index (χ0n) is 13.4. The lowest BCUT2D eigenvalue weighted by Crippen LogP contribution is -2.21. The van der Waals surface area contributed by atoms with Gasteiger partial charge in [0.25, 0.3) is 5.88 Å². The number of rotatable bonds is 5. The summed E-state index contributed by atoms with van der Waals surface area (Å²) in [4.78, 5) is 20.2. The maximum Gasteiger partial charge on any atom is 0.325 e. The van der Waals surface area contributed by atoms with Crippen molar-refractivity contribution in [1.82, 2.24) is 9.97 Å². The smallest absolute Gasteiger partial charge is 0.325 e. The minimum Gasteiger partial charge on any atom is -0.470 e. The molecule has 0 saturated carbocycles. The summed E-state index contributed by atoms with van der Waals surface area (Å²) in [5.74, 6) is -0.154. The van der Waals surface area contributed by atoms with Gasteiger partial charge in [0.05, 0.1) is 0 Å². The van der Waals surface area contributed by atoms with Crippen LogP contribution in [0, 0.1) is 5.82 Å². The van der Waals surface area contributed by atoms with Crippen molar-refractivity contribution in [3.8, 4) is 5.88 Å². The van der Waals surface area contributed by atoms with E-state index in [-0.39, 0.29) is 18.3 Å². The van der Waals surface area contributed by atoms with E-state index >= 15 is 0 Å². The Morgan fingerprint density at radius 3 is 2.69 bits per heavy atom. The molecule has 0 unspecified atom stereocenters. The normalized spacial score (nSPS) is 10.2. The maximum atomic E-state index is 13.2. The molecule has 6 nitrogen and oxygen atoms in total. The average Bonchev–Trinajstić information content (AvgIpc) is 2.61. The van der Waals surface area contributed by atoms with Crippen LogP contribution < -0.4 is 15.4 Å². The molecule has 0 radical (unpaired) electrons. The number of nitrogens with zero attached hydrogens (tertiary/aromatic N) is 2. The molecular formula is C18H14ClFN4O2. The van der Waals surface area contributed by atoms with Crippen LogP contribution in [-0.2, 0) is 6.61 Å². The Morgan fingerprint density at radius 2 is 1.88 bits per heavy atom. The van der Waals surface area contributed by atoms with Gasteiger partial charge in [-0.1, -0.05) is 29.8 Å². The molecule has 0 atom stereocenters. The number of hydrogen-bond donors (Lipinski definition) is 2. The summed E-state index contributed by atoms with van der Waals surface area (Å²) in [7, 11) is 0. The average molecular weight is 373 g/mol. The minimum absolute atomic E-state index is 0.142. The van der Waals surface area contributed by atoms with Crippen LogP contribution in [0.4, 0.5) is 20.7 Å². The number of ether oxygens (including phenoxy) is 1. The predicted octanol–water partition coefficient (Wildman–Crippen LogP) is 4.49. The van der Waals surface area contributed by atoms with Crippen molar-refractivity contribution in [2.24, 2.45) is 0 Å². The number of benzene rings is 2. The van der Waals surface area contributed by atoms with Gasteiger partial charge in [0, 0.05) is 23.1 Å². The van der Waals surface area contributed by atoms with Gasteiger partial charge in [-0.2, -0.15) is 0 Å². The van der Waals surface area contributed by atoms with E-state index in [2.05, 4.69) is 20.6 Å². The van der Waals surface area contributed by atoms with E-state index in [1.54, 1.807) is 18.2 Å². The van der Waals surface area contributed by atoms with E-state index in [0.29, 0.717) is 10.7 Å². The molecule has 2 N–H and O–H groups in total. The highest BCUT2D eigenvalue weighted by molar-refractivity contribution is 6.30. The SMILES string of the molecule is O=C(Nc1cccc(F)c1)Nc1nccnc1OCc1cccc(Cl)c1. The number of nitrogens with one attached hydrogen (secondary N) is 2. The topological polar surface area (TPSA) is 76.1 Å². The van der Waals surface area contributed by atoms with Gasteiger partial charge in [0.1, 0.15) is 12.4 Å². The van der Waals surface area contributed by atoms with Crippen LogP contribution in [0.1, 0.15) is 5.56 Å². The zero-order chi connectivity index (χ0) is 18.4. The first-order chi connectivity index (χ1) is 12.6. The lowest BCUT2D eigenvalue weighted by molar-refractivity contribution is 0.261. The molecule has 3 rings (SSSR count). The quantitative estimate of drug-likeness (QED) is 0.691. The fraction of sp³-hybridized carbons (Fsp3) is 0.0556. The number of hydrogen-bond acceptors (Lipinski definition) is 4. The lowest BCUT2D eigenvalue weighted by atomic mass is 10.2. The van der Waals surface area contributed by atoms with Gasteiger partial charge in [0.2, 0.25) is 0 Å². The summed E-state index contributed by atoms with van der Waals surface area (Å²) < 4.78 is 18.8. The van der Waals surface area contributed by atoms with Gasteiger partial charge in [-0.25, -0.2) is 19.2 Å². The fourth-order valence-electron chi connectivity index (χ4n) is 2.13. The van der Waals surface area contributed by atoms with Gasteiger partial charge in [0.15, 0.2) is 5.82 Å². The second-order valence-corrected chi connectivity index (χ2v) is 5.65. The number of anilines is 2. The molecule has 26 heavy (non-hydrogen) atoms. The van der Waals surface area contributed by atoms with Crippen molar-refractivity contribution in [2.75, 3.05) is 10.6 Å². The summed E-state index contributed by atoms with van der Waals surface area (Å²) >= 11 is 5.94. The molecule has 132 valence electrons. The van der Waals surface area contributed by atoms with Gasteiger partial charge in [-0.05, 0) is 35.9 Å². The summed E-state index contributed by atoms with van der Waals surface area (Å²) in [6.07, 6.45) is 2.87. The van der Waals surface area contributed by atoms with Crippen molar-refractivity contribution in [2.45, 2.75) is 6.61 Å². The molecule has 0 aliphatic rings. The number of carbonyl (C=O) groups excluding carboxylic acids is 1. The van der Waals surface area contributed by atoms with E-state index in [0.717, 1.165) is 5.56 Å². The molecule has 0 bridgehead atoms. The van der Waals surface area contributed by atoms with E-state index < -0.39 is 11.8 Å². The van der Waals surface area contributed by atoms with Crippen molar-refractivity contribution < 1.29 is 13.9 Å². The molecule has 0 aliphatic heterocycles. The van der Waals surface area contributed by atoms with E-state index in [4.69, 9.17) is 16.3 Å². The van der Waals surface area contributed by atoms with Gasteiger partial charge in [-0.3, -0.25) is 5.32 Å². The second-order valence-electron chi connectivity index (χ2n) is 5.22. The first kappa shape index (κ1) is 17.6. The third-order valence-electron chi connectivity index (χ3n) is 3.24. The molecule has 2 amide bonds. The lowest BCUT2D eigenvalue weighted by Gasteiger charge is -2.11. The van der Waals surface area contributed by atoms with Crippen LogP contribution >= 0.6 is 11.6 Å². The Labute approximate surface area is 154 Å². The zero-order valence-corrected chi connectivity index (χ0v) is 14.2. The first-order valence-electron chi connectivity index (χ1n) is 7.62. The monoisotopic (exact) mass is 372 g/mol. The second kappa shape index (κ2) is 8.26. The number of carbonyl (C=O) groups is 1. The van der Waals surface area contributed by atoms with E-state index in [1.807, 2.05) is 12.1 Å². The summed E-state index contributed by atoms with van der Waals surface area (Å²) in [6.45, 7) is 0.208. The van der Waals surface area contributed by atoms with Crippen LogP contribution in [0.5, 0.6) is 5.88 Å². The summed E-state index contributed by atoms with van der Waals surface area (Å²) in [5, 5.41) is 5.63. The van der Waals surface area contributed by atoms with Crippen molar-refractivity contribution in [1.29, 1.82) is 0 Å².